The molecule has 0 amide bonds. The van der Waals surface area contributed by atoms with Crippen LogP contribution in [-0.4, -0.2) is 63.2 Å². The lowest BCUT2D eigenvalue weighted by molar-refractivity contribution is -0.109. The molecule has 242 valence electrons. The number of hydrogen-bond donors (Lipinski definition) is 0. The molecule has 0 radical (unpaired) electrons. The van der Waals surface area contributed by atoms with E-state index in [1.165, 1.54) is 0 Å². The minimum absolute atomic E-state index is 0.00380. The lowest BCUT2D eigenvalue weighted by Gasteiger charge is -2.40. The number of allylic oxidation sites excluding steroid dienone is 1. The largest absolute Gasteiger partial charge is 0.497 e. The fourth-order valence-electron chi connectivity index (χ4n) is 4.25. The molecule has 0 spiro atoms. The van der Waals surface area contributed by atoms with E-state index in [4.69, 9.17) is 27.6 Å². The standard InChI is InChI=1S/C33H52O8SSi/c1-10-11-28(24-40-42(34,35)31-18-12-26(2)13-19-31)32(39-25-36-6)22-30(41-43(8,9)33(3,4)5)20-21-38-23-27-14-16-29(37-7)17-15-27/h10,12-19,28,30,32H,1,11,20-25H2,2-9H3/t28-,30+,32-/m1/s1. The predicted molar refractivity (Wildman–Crippen MR) is 173 cm³/mol. The lowest BCUT2D eigenvalue weighted by atomic mass is 9.94. The summed E-state index contributed by atoms with van der Waals surface area (Å²) in [6.07, 6.45) is 2.85. The zero-order chi connectivity index (χ0) is 32.1. The number of hydrogen-bond acceptors (Lipinski definition) is 8. The highest BCUT2D eigenvalue weighted by molar-refractivity contribution is 7.86. The van der Waals surface area contributed by atoms with E-state index in [0.717, 1.165) is 16.9 Å². The molecule has 0 aliphatic carbocycles. The predicted octanol–water partition coefficient (Wildman–Crippen LogP) is 7.28. The van der Waals surface area contributed by atoms with E-state index in [1.807, 2.05) is 31.2 Å². The first kappa shape index (κ1) is 37.1. The van der Waals surface area contributed by atoms with Crippen molar-refractivity contribution >= 4 is 18.4 Å². The molecule has 2 aromatic rings. The molecule has 0 unspecified atom stereocenters. The average molecular weight is 637 g/mol. The number of rotatable bonds is 20. The highest BCUT2D eigenvalue weighted by Gasteiger charge is 2.40. The second-order valence-corrected chi connectivity index (χ2v) is 18.7. The van der Waals surface area contributed by atoms with Crippen molar-refractivity contribution in [3.63, 3.8) is 0 Å². The van der Waals surface area contributed by atoms with Crippen molar-refractivity contribution in [2.45, 2.75) is 88.8 Å². The van der Waals surface area contributed by atoms with Gasteiger partial charge in [0, 0.05) is 25.7 Å². The van der Waals surface area contributed by atoms with Gasteiger partial charge in [0.25, 0.3) is 10.1 Å². The highest BCUT2D eigenvalue weighted by atomic mass is 32.2. The van der Waals surface area contributed by atoms with Crippen LogP contribution in [0.5, 0.6) is 5.75 Å². The van der Waals surface area contributed by atoms with E-state index in [0.29, 0.717) is 32.5 Å². The van der Waals surface area contributed by atoms with Crippen LogP contribution in [0.15, 0.2) is 66.1 Å². The molecule has 8 nitrogen and oxygen atoms in total. The van der Waals surface area contributed by atoms with Crippen molar-refractivity contribution in [3.05, 3.63) is 72.3 Å². The first-order chi connectivity index (χ1) is 20.2. The lowest BCUT2D eigenvalue weighted by Crippen LogP contribution is -2.45. The first-order valence-electron chi connectivity index (χ1n) is 14.8. The minimum atomic E-state index is -3.94. The van der Waals surface area contributed by atoms with E-state index in [-0.39, 0.29) is 35.4 Å². The zero-order valence-electron chi connectivity index (χ0n) is 27.3. The van der Waals surface area contributed by atoms with Crippen molar-refractivity contribution in [1.29, 1.82) is 0 Å². The summed E-state index contributed by atoms with van der Waals surface area (Å²) in [6, 6.07) is 14.4. The number of ether oxygens (including phenoxy) is 4. The van der Waals surface area contributed by atoms with Gasteiger partial charge in [-0.05, 0) is 74.1 Å². The molecule has 0 aliphatic heterocycles. The summed E-state index contributed by atoms with van der Waals surface area (Å²) < 4.78 is 61.1. The molecule has 43 heavy (non-hydrogen) atoms. The maximum atomic E-state index is 13.0. The van der Waals surface area contributed by atoms with Crippen molar-refractivity contribution in [2.75, 3.05) is 34.2 Å². The molecular weight excluding hydrogens is 585 g/mol. The van der Waals surface area contributed by atoms with E-state index < -0.39 is 24.5 Å². The van der Waals surface area contributed by atoms with E-state index in [1.54, 1.807) is 44.6 Å². The van der Waals surface area contributed by atoms with Crippen LogP contribution in [0.2, 0.25) is 18.1 Å². The third kappa shape index (κ3) is 12.5. The molecule has 10 heteroatoms. The molecule has 0 bridgehead atoms. The molecule has 0 N–H and O–H groups in total. The molecule has 0 aliphatic rings. The molecule has 2 rings (SSSR count). The Bertz CT molecular complexity index is 1190. The first-order valence-corrected chi connectivity index (χ1v) is 19.1. The summed E-state index contributed by atoms with van der Waals surface area (Å²) >= 11 is 0. The monoisotopic (exact) mass is 636 g/mol. The van der Waals surface area contributed by atoms with Crippen molar-refractivity contribution in [3.8, 4) is 5.75 Å². The van der Waals surface area contributed by atoms with Crippen molar-refractivity contribution in [2.24, 2.45) is 5.92 Å². The van der Waals surface area contributed by atoms with Gasteiger partial charge in [0.15, 0.2) is 8.32 Å². The minimum Gasteiger partial charge on any atom is -0.497 e. The van der Waals surface area contributed by atoms with Gasteiger partial charge >= 0.3 is 0 Å². The zero-order valence-corrected chi connectivity index (χ0v) is 29.1. The Kier molecular flexibility index (Phi) is 15.1. The number of methoxy groups -OCH3 is 2. The second-order valence-electron chi connectivity index (χ2n) is 12.4. The van der Waals surface area contributed by atoms with Crippen LogP contribution in [0.3, 0.4) is 0 Å². The summed E-state index contributed by atoms with van der Waals surface area (Å²) in [6.45, 7) is 17.8. The molecule has 0 saturated heterocycles. The molecule has 0 heterocycles. The van der Waals surface area contributed by atoms with Crippen LogP contribution in [0.4, 0.5) is 0 Å². The summed E-state index contributed by atoms with van der Waals surface area (Å²) in [7, 11) is -2.89. The Morgan fingerprint density at radius 3 is 2.21 bits per heavy atom. The van der Waals surface area contributed by atoms with Gasteiger partial charge in [-0.3, -0.25) is 4.18 Å². The molecule has 2 aromatic carbocycles. The van der Waals surface area contributed by atoms with Crippen molar-refractivity contribution < 1.29 is 36.0 Å². The fourth-order valence-corrected chi connectivity index (χ4v) is 6.61. The van der Waals surface area contributed by atoms with Gasteiger partial charge in [0.2, 0.25) is 0 Å². The topological polar surface area (TPSA) is 89.5 Å². The normalized spacial score (nSPS) is 14.7. The fraction of sp³-hybridized carbons (Fsp3) is 0.576. The maximum Gasteiger partial charge on any atom is 0.296 e. The Labute approximate surface area is 260 Å². The van der Waals surface area contributed by atoms with Gasteiger partial charge in [-0.2, -0.15) is 8.42 Å². The average Bonchev–Trinajstić information content (AvgIpc) is 2.95. The smallest absolute Gasteiger partial charge is 0.296 e. The van der Waals surface area contributed by atoms with Gasteiger partial charge in [0.05, 0.1) is 31.3 Å². The molecule has 3 atom stereocenters. The number of benzene rings is 2. The summed E-state index contributed by atoms with van der Waals surface area (Å²) in [5.41, 5.74) is 2.03. The van der Waals surface area contributed by atoms with E-state index in [2.05, 4.69) is 40.4 Å². The van der Waals surface area contributed by atoms with Crippen LogP contribution in [-0.2, 0) is 39.5 Å². The highest BCUT2D eigenvalue weighted by Crippen LogP contribution is 2.38. The SMILES string of the molecule is C=CC[C@H](COS(=O)(=O)c1ccc(C)cc1)[C@@H](C[C@H](CCOCc1ccc(OC)cc1)O[Si](C)(C)C(C)(C)C)OCOC. The number of aryl methyl sites for hydroxylation is 1. The van der Waals surface area contributed by atoms with Crippen LogP contribution in [0.1, 0.15) is 51.2 Å². The Morgan fingerprint density at radius 1 is 1.00 bits per heavy atom. The van der Waals surface area contributed by atoms with E-state index >= 15 is 0 Å². The van der Waals surface area contributed by atoms with Gasteiger partial charge in [-0.25, -0.2) is 0 Å². The van der Waals surface area contributed by atoms with Crippen LogP contribution >= 0.6 is 0 Å². The summed E-state index contributed by atoms with van der Waals surface area (Å²) in [4.78, 5) is 0.123. The van der Waals surface area contributed by atoms with Crippen molar-refractivity contribution in [1.82, 2.24) is 0 Å². The summed E-state index contributed by atoms with van der Waals surface area (Å²) in [5, 5.41) is 0.00380. The third-order valence-electron chi connectivity index (χ3n) is 7.92. The van der Waals surface area contributed by atoms with E-state index in [9.17, 15) is 8.42 Å². The van der Waals surface area contributed by atoms with Crippen LogP contribution in [0.25, 0.3) is 0 Å². The third-order valence-corrected chi connectivity index (χ3v) is 13.7. The summed E-state index contributed by atoms with van der Waals surface area (Å²) in [5.74, 6) is 0.511. The Hall–Kier alpha value is -2.05. The van der Waals surface area contributed by atoms with Gasteiger partial charge < -0.3 is 23.4 Å². The van der Waals surface area contributed by atoms with Gasteiger partial charge in [-0.15, -0.1) is 6.58 Å². The van der Waals surface area contributed by atoms with Gasteiger partial charge in [0.1, 0.15) is 12.5 Å². The molecular formula is C33H52O8SSi. The Balaban J connectivity index is 2.20. The molecule has 0 fully saturated rings. The second kappa shape index (κ2) is 17.4. The maximum absolute atomic E-state index is 13.0. The quantitative estimate of drug-likeness (QED) is 0.0493. The van der Waals surface area contributed by atoms with Gasteiger partial charge in [-0.1, -0.05) is 56.7 Å². The Morgan fingerprint density at radius 2 is 1.65 bits per heavy atom. The molecule has 0 aromatic heterocycles. The van der Waals surface area contributed by atoms with Crippen LogP contribution < -0.4 is 4.74 Å². The van der Waals surface area contributed by atoms with Crippen LogP contribution in [0, 0.1) is 12.8 Å². The molecule has 0 saturated carbocycles.